The molecule has 1 aromatic carbocycles. The van der Waals surface area contributed by atoms with Gasteiger partial charge in [-0.25, -0.2) is 0 Å². The molecule has 0 unspecified atom stereocenters. The van der Waals surface area contributed by atoms with Crippen LogP contribution in [0.5, 0.6) is 0 Å². The van der Waals surface area contributed by atoms with E-state index >= 15 is 0 Å². The quantitative estimate of drug-likeness (QED) is 0.771. The molecule has 0 saturated carbocycles. The van der Waals surface area contributed by atoms with E-state index in [1.165, 1.54) is 7.11 Å². The molecule has 7 nitrogen and oxygen atoms in total. The Morgan fingerprint density at radius 2 is 2.08 bits per heavy atom. The fourth-order valence-electron chi connectivity index (χ4n) is 2.93. The van der Waals surface area contributed by atoms with Crippen molar-refractivity contribution in [3.05, 3.63) is 29.8 Å². The number of rotatable bonds is 7. The summed E-state index contributed by atoms with van der Waals surface area (Å²) in [7, 11) is 1.46. The molecule has 2 amide bonds. The van der Waals surface area contributed by atoms with E-state index in [4.69, 9.17) is 9.47 Å². The Kier molecular flexibility index (Phi) is 6.92. The highest BCUT2D eigenvalue weighted by atomic mass is 16.5. The zero-order valence-electron chi connectivity index (χ0n) is 14.9. The standard InChI is InChI=1S/C18H26N2O5/c1-12(2)8-20-15(9-21)18(25-11-17(20)23)13-4-6-14(7-5-13)19-16(22)10-24-3/h4-7,12,15,18,21H,8-11H2,1-3H3,(H,19,22)/t15-,18-/m1/s1. The number of methoxy groups -OCH3 is 1. The average Bonchev–Trinajstić information content (AvgIpc) is 2.57. The fourth-order valence-corrected chi connectivity index (χ4v) is 2.93. The van der Waals surface area contributed by atoms with Gasteiger partial charge in [0.2, 0.25) is 11.8 Å². The molecule has 1 saturated heterocycles. The average molecular weight is 350 g/mol. The van der Waals surface area contributed by atoms with E-state index in [1.54, 1.807) is 17.0 Å². The molecule has 0 aliphatic carbocycles. The Hall–Kier alpha value is -1.96. The van der Waals surface area contributed by atoms with Crippen LogP contribution in [0.1, 0.15) is 25.5 Å². The van der Waals surface area contributed by atoms with E-state index < -0.39 is 12.1 Å². The van der Waals surface area contributed by atoms with Crippen LogP contribution in [-0.4, -0.2) is 61.3 Å². The lowest BCUT2D eigenvalue weighted by Gasteiger charge is -2.41. The molecule has 2 atom stereocenters. The monoisotopic (exact) mass is 350 g/mol. The lowest BCUT2D eigenvalue weighted by Crippen LogP contribution is -2.53. The van der Waals surface area contributed by atoms with Gasteiger partial charge in [-0.2, -0.15) is 0 Å². The predicted molar refractivity (Wildman–Crippen MR) is 93.1 cm³/mol. The van der Waals surface area contributed by atoms with Gasteiger partial charge in [0.15, 0.2) is 0 Å². The Labute approximate surface area is 147 Å². The van der Waals surface area contributed by atoms with E-state index in [0.717, 1.165) is 5.56 Å². The minimum absolute atomic E-state index is 0.000211. The highest BCUT2D eigenvalue weighted by Gasteiger charge is 2.37. The molecule has 1 aromatic rings. The number of hydrogen-bond donors (Lipinski definition) is 2. The van der Waals surface area contributed by atoms with Crippen LogP contribution in [0, 0.1) is 5.92 Å². The van der Waals surface area contributed by atoms with Crippen LogP contribution >= 0.6 is 0 Å². The molecule has 2 rings (SSSR count). The maximum atomic E-state index is 12.1. The Morgan fingerprint density at radius 1 is 1.40 bits per heavy atom. The Morgan fingerprint density at radius 3 is 2.64 bits per heavy atom. The summed E-state index contributed by atoms with van der Waals surface area (Å²) in [4.78, 5) is 25.4. The van der Waals surface area contributed by atoms with Crippen molar-refractivity contribution in [3.8, 4) is 0 Å². The van der Waals surface area contributed by atoms with E-state index in [2.05, 4.69) is 5.32 Å². The largest absolute Gasteiger partial charge is 0.394 e. The van der Waals surface area contributed by atoms with Gasteiger partial charge < -0.3 is 24.8 Å². The molecule has 7 heteroatoms. The number of carbonyl (C=O) groups is 2. The number of hydrogen-bond acceptors (Lipinski definition) is 5. The zero-order valence-corrected chi connectivity index (χ0v) is 14.9. The highest BCUT2D eigenvalue weighted by Crippen LogP contribution is 2.30. The summed E-state index contributed by atoms with van der Waals surface area (Å²) in [5.74, 6) is -0.0336. The minimum Gasteiger partial charge on any atom is -0.394 e. The summed E-state index contributed by atoms with van der Waals surface area (Å²) >= 11 is 0. The van der Waals surface area contributed by atoms with Gasteiger partial charge in [-0.1, -0.05) is 26.0 Å². The normalized spacial score (nSPS) is 20.8. The molecule has 0 aromatic heterocycles. The molecule has 1 aliphatic rings. The van der Waals surface area contributed by atoms with Crippen molar-refractivity contribution in [1.29, 1.82) is 0 Å². The molecule has 0 bridgehead atoms. The van der Waals surface area contributed by atoms with E-state index in [9.17, 15) is 14.7 Å². The lowest BCUT2D eigenvalue weighted by molar-refractivity contribution is -0.161. The molecule has 25 heavy (non-hydrogen) atoms. The second kappa shape index (κ2) is 8.94. The number of morpholine rings is 1. The summed E-state index contributed by atoms with van der Waals surface area (Å²) < 4.78 is 10.5. The number of nitrogens with zero attached hydrogens (tertiary/aromatic N) is 1. The molecule has 0 spiro atoms. The number of amides is 2. The SMILES string of the molecule is COCC(=O)Nc1ccc([C@H]2OCC(=O)N(CC(C)C)[C@@H]2CO)cc1. The number of carbonyl (C=O) groups excluding carboxylic acids is 2. The number of benzene rings is 1. The first kappa shape index (κ1) is 19.4. The van der Waals surface area contributed by atoms with Crippen LogP contribution in [-0.2, 0) is 19.1 Å². The molecule has 1 fully saturated rings. The molecule has 138 valence electrons. The lowest BCUT2D eigenvalue weighted by atomic mass is 9.98. The van der Waals surface area contributed by atoms with Crippen LogP contribution in [0.15, 0.2) is 24.3 Å². The van der Waals surface area contributed by atoms with Crippen molar-refractivity contribution in [1.82, 2.24) is 4.90 Å². The predicted octanol–water partition coefficient (Wildman–Crippen LogP) is 1.19. The molecule has 2 N–H and O–H groups in total. The van der Waals surface area contributed by atoms with E-state index in [1.807, 2.05) is 26.0 Å². The van der Waals surface area contributed by atoms with Gasteiger partial charge >= 0.3 is 0 Å². The highest BCUT2D eigenvalue weighted by molar-refractivity contribution is 5.91. The van der Waals surface area contributed by atoms with Crippen molar-refractivity contribution in [2.24, 2.45) is 5.92 Å². The first-order chi connectivity index (χ1) is 12.0. The number of aliphatic hydroxyl groups is 1. The minimum atomic E-state index is -0.419. The summed E-state index contributed by atoms with van der Waals surface area (Å²) in [5.41, 5.74) is 1.50. The summed E-state index contributed by atoms with van der Waals surface area (Å²) in [6.07, 6.45) is -0.398. The van der Waals surface area contributed by atoms with Crippen LogP contribution < -0.4 is 5.32 Å². The van der Waals surface area contributed by atoms with Crippen molar-refractivity contribution in [2.45, 2.75) is 26.0 Å². The number of anilines is 1. The first-order valence-electron chi connectivity index (χ1n) is 8.37. The summed E-state index contributed by atoms with van der Waals surface area (Å²) in [6.45, 7) is 4.46. The number of aliphatic hydroxyl groups excluding tert-OH is 1. The second-order valence-corrected chi connectivity index (χ2v) is 6.52. The third-order valence-corrected chi connectivity index (χ3v) is 4.00. The molecular formula is C18H26N2O5. The molecule has 1 heterocycles. The Bertz CT molecular complexity index is 588. The molecular weight excluding hydrogens is 324 g/mol. The second-order valence-electron chi connectivity index (χ2n) is 6.52. The van der Waals surface area contributed by atoms with Crippen LogP contribution in [0.2, 0.25) is 0 Å². The van der Waals surface area contributed by atoms with Crippen molar-refractivity contribution in [3.63, 3.8) is 0 Å². The first-order valence-corrected chi connectivity index (χ1v) is 8.37. The third-order valence-electron chi connectivity index (χ3n) is 4.00. The third kappa shape index (κ3) is 5.01. The van der Waals surface area contributed by atoms with Crippen molar-refractivity contribution in [2.75, 3.05) is 38.8 Å². The van der Waals surface area contributed by atoms with Gasteiger partial charge in [-0.3, -0.25) is 9.59 Å². The van der Waals surface area contributed by atoms with Gasteiger partial charge in [-0.15, -0.1) is 0 Å². The maximum Gasteiger partial charge on any atom is 0.250 e. The Balaban J connectivity index is 2.13. The topological polar surface area (TPSA) is 88.1 Å². The fraction of sp³-hybridized carbons (Fsp3) is 0.556. The van der Waals surface area contributed by atoms with Gasteiger partial charge in [0.25, 0.3) is 0 Å². The van der Waals surface area contributed by atoms with Gasteiger partial charge in [0, 0.05) is 19.3 Å². The maximum absolute atomic E-state index is 12.1. The van der Waals surface area contributed by atoms with Gasteiger partial charge in [-0.05, 0) is 23.6 Å². The van der Waals surface area contributed by atoms with E-state index in [-0.39, 0.29) is 31.6 Å². The molecule has 0 radical (unpaired) electrons. The number of ether oxygens (including phenoxy) is 2. The molecule has 1 aliphatic heterocycles. The zero-order chi connectivity index (χ0) is 18.4. The van der Waals surface area contributed by atoms with E-state index in [0.29, 0.717) is 18.2 Å². The number of nitrogens with one attached hydrogen (secondary N) is 1. The summed E-state index contributed by atoms with van der Waals surface area (Å²) in [6, 6.07) is 6.78. The van der Waals surface area contributed by atoms with Crippen LogP contribution in [0.4, 0.5) is 5.69 Å². The smallest absolute Gasteiger partial charge is 0.250 e. The van der Waals surface area contributed by atoms with Crippen molar-refractivity contribution < 1.29 is 24.2 Å². The summed E-state index contributed by atoms with van der Waals surface area (Å²) in [5, 5.41) is 12.5. The van der Waals surface area contributed by atoms with Crippen LogP contribution in [0.3, 0.4) is 0 Å². The van der Waals surface area contributed by atoms with Crippen LogP contribution in [0.25, 0.3) is 0 Å². The van der Waals surface area contributed by atoms with Gasteiger partial charge in [0.05, 0.1) is 12.6 Å². The van der Waals surface area contributed by atoms with Gasteiger partial charge in [0.1, 0.15) is 19.3 Å². The van der Waals surface area contributed by atoms with Crippen molar-refractivity contribution >= 4 is 17.5 Å².